The summed E-state index contributed by atoms with van der Waals surface area (Å²) in [5.74, 6) is 0. The Morgan fingerprint density at radius 2 is 1.03 bits per heavy atom. The van der Waals surface area contributed by atoms with Gasteiger partial charge in [-0.2, -0.15) is 0 Å². The smallest absolute Gasteiger partial charge is 0.00141 e. The predicted molar refractivity (Wildman–Crippen MR) is 323 cm³/mol. The fourth-order valence-electron chi connectivity index (χ4n) is 9.97. The summed E-state index contributed by atoms with van der Waals surface area (Å²) in [6.45, 7) is 12.5. The maximum Gasteiger partial charge on any atom is -0.00141 e. The van der Waals surface area contributed by atoms with Gasteiger partial charge < -0.3 is 0 Å². The Kier molecular flexibility index (Phi) is 16.3. The van der Waals surface area contributed by atoms with Gasteiger partial charge in [-0.05, 0) is 157 Å². The van der Waals surface area contributed by atoms with Crippen molar-refractivity contribution in [3.05, 3.63) is 328 Å². The van der Waals surface area contributed by atoms with Crippen LogP contribution in [0.4, 0.5) is 0 Å². The quantitative estimate of drug-likeness (QED) is 0.120. The Morgan fingerprint density at radius 1 is 0.419 bits per heavy atom. The normalized spacial score (nSPS) is 12.9. The number of aryl methyl sites for hydroxylation is 3. The van der Waals surface area contributed by atoms with Gasteiger partial charge in [-0.15, -0.1) is 0 Å². The van der Waals surface area contributed by atoms with Crippen molar-refractivity contribution in [3.63, 3.8) is 0 Å². The third-order valence-corrected chi connectivity index (χ3v) is 13.7. The van der Waals surface area contributed by atoms with Crippen LogP contribution in [0.5, 0.6) is 0 Å². The molecule has 0 unspecified atom stereocenters. The summed E-state index contributed by atoms with van der Waals surface area (Å²) >= 11 is 0. The third kappa shape index (κ3) is 11.3. The van der Waals surface area contributed by atoms with Gasteiger partial charge >= 0.3 is 0 Å². The first-order valence-electron chi connectivity index (χ1n) is 26.0. The highest BCUT2D eigenvalue weighted by atomic mass is 14.3. The SMILES string of the molecule is C/C=C/C=C1/C=Cc2cccc(/C=C/C=C(\C=C/c3ccc4c(c3)C(=C(c3ccccc3)c3ccccc3)c3ccccc3-4)c3ccc(-c4ccc(C)c(-c5ccccc5C)c4)cc3)c21.CC.Cc1ccccc1. The Bertz CT molecular complexity index is 3560. The first kappa shape index (κ1) is 50.1. The molecule has 0 saturated heterocycles. The van der Waals surface area contributed by atoms with E-state index in [2.05, 4.69) is 289 Å². The van der Waals surface area contributed by atoms with Gasteiger partial charge in [0.2, 0.25) is 0 Å². The Labute approximate surface area is 440 Å². The largest absolute Gasteiger partial charge is 0.0876 e. The Morgan fingerprint density at radius 3 is 1.69 bits per heavy atom. The van der Waals surface area contributed by atoms with E-state index in [1.807, 2.05) is 32.0 Å². The first-order chi connectivity index (χ1) is 36.4. The molecule has 9 aromatic carbocycles. The minimum Gasteiger partial charge on any atom is -0.0876 e. The number of benzene rings is 9. The minimum absolute atomic E-state index is 1.13. The second-order valence-corrected chi connectivity index (χ2v) is 18.5. The fraction of sp³-hybridized carbons (Fsp3) is 0.0811. The molecule has 0 nitrogen and oxygen atoms in total. The summed E-state index contributed by atoms with van der Waals surface area (Å²) < 4.78 is 0. The molecule has 0 saturated carbocycles. The molecular weight excluding hydrogens is 889 g/mol. The van der Waals surface area contributed by atoms with E-state index >= 15 is 0 Å². The van der Waals surface area contributed by atoms with Crippen LogP contribution in [0.1, 0.15) is 87.5 Å². The van der Waals surface area contributed by atoms with Crippen molar-refractivity contribution < 1.29 is 0 Å². The Hall–Kier alpha value is -8.84. The van der Waals surface area contributed by atoms with Crippen molar-refractivity contribution in [3.8, 4) is 33.4 Å². The molecule has 0 heterocycles. The molecule has 0 atom stereocenters. The highest BCUT2D eigenvalue weighted by molar-refractivity contribution is 6.14. The monoisotopic (exact) mass is 953 g/mol. The van der Waals surface area contributed by atoms with Gasteiger partial charge in [0.15, 0.2) is 0 Å². The van der Waals surface area contributed by atoms with E-state index in [-0.39, 0.29) is 0 Å². The average Bonchev–Trinajstić information content (AvgIpc) is 4.03. The van der Waals surface area contributed by atoms with Crippen molar-refractivity contribution in [2.45, 2.75) is 41.5 Å². The van der Waals surface area contributed by atoms with Gasteiger partial charge in [0.1, 0.15) is 0 Å². The fourth-order valence-corrected chi connectivity index (χ4v) is 9.97. The van der Waals surface area contributed by atoms with E-state index in [1.165, 1.54) is 106 Å². The van der Waals surface area contributed by atoms with E-state index in [1.54, 1.807) is 0 Å². The molecule has 9 aromatic rings. The lowest BCUT2D eigenvalue weighted by Gasteiger charge is -2.15. The molecule has 0 aliphatic heterocycles. The number of rotatable bonds is 10. The molecule has 0 N–H and O–H groups in total. The zero-order chi connectivity index (χ0) is 51.2. The molecule has 0 aromatic heterocycles. The maximum atomic E-state index is 2.38. The van der Waals surface area contributed by atoms with Crippen LogP contribution < -0.4 is 0 Å². The molecule has 0 radical (unpaired) electrons. The van der Waals surface area contributed by atoms with Crippen molar-refractivity contribution >= 4 is 40.5 Å². The maximum absolute atomic E-state index is 2.38. The Balaban J connectivity index is 0.000000684. The van der Waals surface area contributed by atoms with Crippen LogP contribution in [-0.2, 0) is 0 Å². The van der Waals surface area contributed by atoms with Crippen molar-refractivity contribution in [2.75, 3.05) is 0 Å². The first-order valence-corrected chi connectivity index (χ1v) is 26.0. The molecule has 2 aliphatic carbocycles. The predicted octanol–water partition coefficient (Wildman–Crippen LogP) is 20.4. The highest BCUT2D eigenvalue weighted by Crippen LogP contribution is 2.49. The molecule has 0 amide bonds. The zero-order valence-electron chi connectivity index (χ0n) is 43.6. The molecule has 0 fully saturated rings. The van der Waals surface area contributed by atoms with Gasteiger partial charge in [0.05, 0.1) is 0 Å². The topological polar surface area (TPSA) is 0 Å². The molecule has 0 bridgehead atoms. The third-order valence-electron chi connectivity index (χ3n) is 13.7. The van der Waals surface area contributed by atoms with Crippen LogP contribution in [0.25, 0.3) is 73.9 Å². The summed E-state index contributed by atoms with van der Waals surface area (Å²) in [6.07, 6.45) is 22.1. The van der Waals surface area contributed by atoms with Gasteiger partial charge in [-0.25, -0.2) is 0 Å². The van der Waals surface area contributed by atoms with Crippen LogP contribution in [-0.4, -0.2) is 0 Å². The van der Waals surface area contributed by atoms with Gasteiger partial charge in [0.25, 0.3) is 0 Å². The van der Waals surface area contributed by atoms with E-state index < -0.39 is 0 Å². The summed E-state index contributed by atoms with van der Waals surface area (Å²) in [4.78, 5) is 0. The molecular formula is C74H64. The van der Waals surface area contributed by atoms with E-state index in [9.17, 15) is 0 Å². The van der Waals surface area contributed by atoms with Crippen LogP contribution >= 0.6 is 0 Å². The summed E-state index contributed by atoms with van der Waals surface area (Å²) in [6, 6.07) is 78.9. The summed E-state index contributed by atoms with van der Waals surface area (Å²) in [5.41, 5.74) is 27.2. The zero-order valence-corrected chi connectivity index (χ0v) is 43.6. The lowest BCUT2D eigenvalue weighted by Crippen LogP contribution is -1.94. The standard InChI is InChI=1S/C65H50.C7H8.C2H6/c1-4-5-19-54-40-41-55-27-17-26-51(63(54)55)25-16-24-48(49-36-38-50(39-37-49)56-34-31-46(3)61(44-56)57-28-13-12-18-45(57)2)35-32-47-33-42-59-58-29-14-15-30-60(58)65(62(59)43-47)64(52-20-8-6-9-21-52)53-22-10-7-11-23-53;1-7-5-3-2-4-6-7;1-2/h4-44H,1-3H3;2-6H,1H3;1-2H3/b5-4+,25-16+,35-32-,48-24+,54-19-;;. The second-order valence-electron chi connectivity index (χ2n) is 18.5. The highest BCUT2D eigenvalue weighted by Gasteiger charge is 2.27. The number of fused-ring (bicyclic) bond motifs is 4. The second kappa shape index (κ2) is 24.1. The van der Waals surface area contributed by atoms with Crippen LogP contribution in [0, 0.1) is 20.8 Å². The number of hydrogen-bond acceptors (Lipinski definition) is 0. The van der Waals surface area contributed by atoms with E-state index in [0.717, 1.165) is 16.7 Å². The average molecular weight is 953 g/mol. The van der Waals surface area contributed by atoms with Crippen LogP contribution in [0.15, 0.2) is 261 Å². The van der Waals surface area contributed by atoms with Crippen molar-refractivity contribution in [2.24, 2.45) is 0 Å². The lowest BCUT2D eigenvalue weighted by atomic mass is 9.88. The van der Waals surface area contributed by atoms with Gasteiger partial charge in [0, 0.05) is 0 Å². The molecule has 2 aliphatic rings. The summed E-state index contributed by atoms with van der Waals surface area (Å²) in [5, 5.41) is 0. The van der Waals surface area contributed by atoms with E-state index in [4.69, 9.17) is 0 Å². The van der Waals surface area contributed by atoms with Crippen LogP contribution in [0.3, 0.4) is 0 Å². The molecule has 0 heteroatoms. The molecule has 360 valence electrons. The number of allylic oxidation sites excluding steroid dienone is 9. The van der Waals surface area contributed by atoms with Crippen molar-refractivity contribution in [1.29, 1.82) is 0 Å². The van der Waals surface area contributed by atoms with Gasteiger partial charge in [-0.3, -0.25) is 0 Å². The van der Waals surface area contributed by atoms with E-state index in [0.29, 0.717) is 0 Å². The molecule has 0 spiro atoms. The number of hydrogen-bond donors (Lipinski definition) is 0. The molecule has 74 heavy (non-hydrogen) atoms. The summed E-state index contributed by atoms with van der Waals surface area (Å²) in [7, 11) is 0. The lowest BCUT2D eigenvalue weighted by molar-refractivity contribution is 1.41. The van der Waals surface area contributed by atoms with Crippen LogP contribution in [0.2, 0.25) is 0 Å². The minimum atomic E-state index is 1.13. The molecule has 11 rings (SSSR count). The van der Waals surface area contributed by atoms with Gasteiger partial charge in [-0.1, -0.05) is 286 Å². The van der Waals surface area contributed by atoms with Crippen molar-refractivity contribution in [1.82, 2.24) is 0 Å².